The van der Waals surface area contributed by atoms with Gasteiger partial charge in [-0.2, -0.15) is 5.26 Å². The third-order valence-corrected chi connectivity index (χ3v) is 4.71. The predicted octanol–water partition coefficient (Wildman–Crippen LogP) is 4.43. The van der Waals surface area contributed by atoms with Crippen molar-refractivity contribution in [1.82, 2.24) is 4.57 Å². The van der Waals surface area contributed by atoms with Crippen molar-refractivity contribution in [2.24, 2.45) is 0 Å². The van der Waals surface area contributed by atoms with Crippen LogP contribution in [0.1, 0.15) is 27.3 Å². The summed E-state index contributed by atoms with van der Waals surface area (Å²) in [4.78, 5) is 24.1. The third-order valence-electron chi connectivity index (χ3n) is 4.71. The second-order valence-electron chi connectivity index (χ2n) is 6.69. The van der Waals surface area contributed by atoms with Crippen LogP contribution in [0.5, 0.6) is 0 Å². The third kappa shape index (κ3) is 4.31. The first-order valence-electron chi connectivity index (χ1n) is 9.30. The average Bonchev–Trinajstić information content (AvgIpc) is 3.04. The van der Waals surface area contributed by atoms with Crippen molar-refractivity contribution in [1.29, 1.82) is 5.26 Å². The number of hydrogen-bond donors (Lipinski definition) is 1. The number of ether oxygens (including phenoxy) is 1. The Labute approximate surface area is 175 Å². The van der Waals surface area contributed by atoms with E-state index < -0.39 is 11.9 Å². The number of carbonyl (C=O) groups is 2. The summed E-state index contributed by atoms with van der Waals surface area (Å²) in [5.41, 5.74) is 4.55. The number of amides is 1. The van der Waals surface area contributed by atoms with Crippen molar-refractivity contribution in [3.8, 4) is 11.8 Å². The summed E-state index contributed by atoms with van der Waals surface area (Å²) in [5, 5.41) is 12.2. The molecule has 3 rings (SSSR count). The van der Waals surface area contributed by atoms with Gasteiger partial charge < -0.3 is 14.6 Å². The second kappa shape index (κ2) is 8.93. The number of hydrogen-bond acceptors (Lipinski definition) is 4. The number of methoxy groups -OCH3 is 1. The molecule has 0 radical (unpaired) electrons. The number of para-hydroxylation sites is 1. The number of carbonyl (C=O) groups excluding carboxylic acids is 2. The lowest BCUT2D eigenvalue weighted by Gasteiger charge is -2.10. The number of nitriles is 1. The van der Waals surface area contributed by atoms with Crippen molar-refractivity contribution >= 4 is 23.6 Å². The Morgan fingerprint density at radius 3 is 2.33 bits per heavy atom. The summed E-state index contributed by atoms with van der Waals surface area (Å²) in [7, 11) is 1.34. The zero-order valence-corrected chi connectivity index (χ0v) is 17.0. The number of nitrogens with one attached hydrogen (secondary N) is 1. The second-order valence-corrected chi connectivity index (χ2v) is 6.69. The highest BCUT2D eigenvalue weighted by atomic mass is 16.5. The molecule has 150 valence electrons. The van der Waals surface area contributed by atoms with Gasteiger partial charge in [-0.25, -0.2) is 4.79 Å². The van der Waals surface area contributed by atoms with Crippen molar-refractivity contribution in [3.05, 3.63) is 88.8 Å². The minimum absolute atomic E-state index is 0.0140. The Morgan fingerprint density at radius 1 is 1.07 bits per heavy atom. The number of esters is 1. The lowest BCUT2D eigenvalue weighted by atomic mass is 10.1. The topological polar surface area (TPSA) is 84.1 Å². The zero-order valence-electron chi connectivity index (χ0n) is 17.0. The van der Waals surface area contributed by atoms with Crippen LogP contribution in [-0.4, -0.2) is 23.6 Å². The van der Waals surface area contributed by atoms with Gasteiger partial charge in [-0.3, -0.25) is 4.79 Å². The van der Waals surface area contributed by atoms with Gasteiger partial charge in [-0.05, 0) is 68.0 Å². The highest BCUT2D eigenvalue weighted by Crippen LogP contribution is 2.23. The van der Waals surface area contributed by atoms with Gasteiger partial charge in [0.15, 0.2) is 0 Å². The van der Waals surface area contributed by atoms with Crippen LogP contribution in [0.25, 0.3) is 11.8 Å². The fourth-order valence-electron chi connectivity index (χ4n) is 3.22. The quantitative estimate of drug-likeness (QED) is 0.391. The van der Waals surface area contributed by atoms with Crippen LogP contribution >= 0.6 is 0 Å². The maximum absolute atomic E-state index is 12.5. The molecule has 1 aromatic heterocycles. The van der Waals surface area contributed by atoms with E-state index in [9.17, 15) is 14.9 Å². The van der Waals surface area contributed by atoms with Gasteiger partial charge in [0.25, 0.3) is 5.91 Å². The zero-order chi connectivity index (χ0) is 21.7. The SMILES string of the molecule is COC(=O)c1ccc(-n2c(C)cc(/C=C(\C#N)C(=O)Nc3ccccc3)c2C)cc1. The summed E-state index contributed by atoms with van der Waals surface area (Å²) in [6, 6.07) is 19.9. The van der Waals surface area contributed by atoms with E-state index in [4.69, 9.17) is 4.74 Å². The maximum Gasteiger partial charge on any atom is 0.337 e. The number of aromatic nitrogens is 1. The molecule has 0 saturated heterocycles. The lowest BCUT2D eigenvalue weighted by Crippen LogP contribution is -2.13. The molecule has 3 aromatic rings. The first-order chi connectivity index (χ1) is 14.4. The van der Waals surface area contributed by atoms with E-state index in [0.29, 0.717) is 11.3 Å². The van der Waals surface area contributed by atoms with E-state index in [0.717, 1.165) is 22.6 Å². The number of aryl methyl sites for hydroxylation is 1. The normalized spacial score (nSPS) is 10.9. The molecule has 0 saturated carbocycles. The highest BCUT2D eigenvalue weighted by Gasteiger charge is 2.14. The Hall–Kier alpha value is -4.11. The molecule has 30 heavy (non-hydrogen) atoms. The van der Waals surface area contributed by atoms with Gasteiger partial charge in [0.2, 0.25) is 0 Å². The van der Waals surface area contributed by atoms with Crippen LogP contribution in [0.2, 0.25) is 0 Å². The van der Waals surface area contributed by atoms with Gasteiger partial charge in [0.05, 0.1) is 12.7 Å². The van der Waals surface area contributed by atoms with Gasteiger partial charge >= 0.3 is 5.97 Å². The van der Waals surface area contributed by atoms with E-state index in [2.05, 4.69) is 5.32 Å². The van der Waals surface area contributed by atoms with Crippen LogP contribution < -0.4 is 5.32 Å². The molecular formula is C24H21N3O3. The number of nitrogens with zero attached hydrogens (tertiary/aromatic N) is 2. The number of benzene rings is 2. The monoisotopic (exact) mass is 399 g/mol. The van der Waals surface area contributed by atoms with E-state index in [-0.39, 0.29) is 5.57 Å². The molecule has 0 spiro atoms. The van der Waals surface area contributed by atoms with Crippen molar-refractivity contribution in [2.45, 2.75) is 13.8 Å². The molecule has 0 bridgehead atoms. The Balaban J connectivity index is 1.91. The first-order valence-corrected chi connectivity index (χ1v) is 9.30. The molecule has 0 fully saturated rings. The molecule has 0 atom stereocenters. The Morgan fingerprint density at radius 2 is 1.73 bits per heavy atom. The van der Waals surface area contributed by atoms with Crippen LogP contribution in [0.4, 0.5) is 5.69 Å². The van der Waals surface area contributed by atoms with Crippen molar-refractivity contribution < 1.29 is 14.3 Å². The molecule has 6 heteroatoms. The summed E-state index contributed by atoms with van der Waals surface area (Å²) in [6.07, 6.45) is 1.58. The van der Waals surface area contributed by atoms with E-state index >= 15 is 0 Å². The first kappa shape index (κ1) is 20.6. The highest BCUT2D eigenvalue weighted by molar-refractivity contribution is 6.09. The van der Waals surface area contributed by atoms with Crippen LogP contribution in [-0.2, 0) is 9.53 Å². The van der Waals surface area contributed by atoms with Crippen molar-refractivity contribution in [2.75, 3.05) is 12.4 Å². The lowest BCUT2D eigenvalue weighted by molar-refractivity contribution is -0.112. The summed E-state index contributed by atoms with van der Waals surface area (Å²) in [6.45, 7) is 3.85. The molecule has 0 aliphatic carbocycles. The molecule has 1 heterocycles. The molecule has 0 aliphatic rings. The van der Waals surface area contributed by atoms with Gasteiger partial charge in [0, 0.05) is 22.8 Å². The van der Waals surface area contributed by atoms with Crippen LogP contribution in [0.15, 0.2) is 66.2 Å². The molecule has 1 N–H and O–H groups in total. The minimum Gasteiger partial charge on any atom is -0.465 e. The maximum atomic E-state index is 12.5. The van der Waals surface area contributed by atoms with E-state index in [1.165, 1.54) is 7.11 Å². The smallest absolute Gasteiger partial charge is 0.337 e. The fraction of sp³-hybridized carbons (Fsp3) is 0.125. The van der Waals surface area contributed by atoms with E-state index in [1.807, 2.05) is 60.9 Å². The minimum atomic E-state index is -0.462. The fourth-order valence-corrected chi connectivity index (χ4v) is 3.22. The number of rotatable bonds is 5. The van der Waals surface area contributed by atoms with Crippen molar-refractivity contribution in [3.63, 3.8) is 0 Å². The molecular weight excluding hydrogens is 378 g/mol. The molecule has 1 amide bonds. The van der Waals surface area contributed by atoms with Gasteiger partial charge in [-0.1, -0.05) is 18.2 Å². The largest absolute Gasteiger partial charge is 0.465 e. The van der Waals surface area contributed by atoms with Gasteiger partial charge in [0.1, 0.15) is 11.6 Å². The standard InChI is InChI=1S/C24H21N3O3/c1-16-13-19(14-20(15-25)23(28)26-21-7-5-4-6-8-21)17(2)27(16)22-11-9-18(10-12-22)24(29)30-3/h4-14H,1-3H3,(H,26,28)/b20-14+. The molecule has 0 unspecified atom stereocenters. The average molecular weight is 399 g/mol. The predicted molar refractivity (Wildman–Crippen MR) is 115 cm³/mol. The number of anilines is 1. The molecule has 0 aliphatic heterocycles. The Kier molecular flexibility index (Phi) is 6.14. The van der Waals surface area contributed by atoms with Gasteiger partial charge in [-0.15, -0.1) is 0 Å². The van der Waals surface area contributed by atoms with Crippen LogP contribution in [0.3, 0.4) is 0 Å². The summed E-state index contributed by atoms with van der Waals surface area (Å²) >= 11 is 0. The Bertz CT molecular complexity index is 1150. The molecule has 2 aromatic carbocycles. The summed E-state index contributed by atoms with van der Waals surface area (Å²) < 4.78 is 6.73. The molecule has 6 nitrogen and oxygen atoms in total. The summed E-state index contributed by atoms with van der Waals surface area (Å²) in [5.74, 6) is -0.856. The van der Waals surface area contributed by atoms with E-state index in [1.54, 1.807) is 30.3 Å². The van der Waals surface area contributed by atoms with Crippen LogP contribution in [0, 0.1) is 25.2 Å².